The van der Waals surface area contributed by atoms with Crippen LogP contribution < -0.4 is 4.90 Å². The van der Waals surface area contributed by atoms with E-state index < -0.39 is 5.41 Å². The lowest BCUT2D eigenvalue weighted by Gasteiger charge is -2.35. The van der Waals surface area contributed by atoms with E-state index in [0.717, 1.165) is 17.1 Å². The van der Waals surface area contributed by atoms with Gasteiger partial charge in [0.1, 0.15) is 0 Å². The van der Waals surface area contributed by atoms with Crippen molar-refractivity contribution < 1.29 is 0 Å². The van der Waals surface area contributed by atoms with Gasteiger partial charge < -0.3 is 4.90 Å². The molecule has 288 valence electrons. The SMILES string of the molecule is c1ccc(-c2ccc(N(c3ccc4c(c3)C(c3ccccc3)(c3ccccc3)c3cccc(C5CCCCC5)c3-4)c3cc4ccccc4cc3-c3ccccc3)cc2)cc1. The van der Waals surface area contributed by atoms with Crippen LogP contribution in [0.5, 0.6) is 0 Å². The van der Waals surface area contributed by atoms with E-state index in [2.05, 4.69) is 223 Å². The van der Waals surface area contributed by atoms with Crippen LogP contribution in [0, 0.1) is 0 Å². The zero-order valence-electron chi connectivity index (χ0n) is 33.8. The number of nitrogens with zero attached hydrogens (tertiary/aromatic N) is 1. The highest BCUT2D eigenvalue weighted by Gasteiger charge is 2.47. The van der Waals surface area contributed by atoms with Crippen molar-refractivity contribution in [1.29, 1.82) is 0 Å². The number of hydrogen-bond acceptors (Lipinski definition) is 1. The van der Waals surface area contributed by atoms with Gasteiger partial charge in [0.05, 0.1) is 11.1 Å². The van der Waals surface area contributed by atoms with Gasteiger partial charge in [-0.2, -0.15) is 0 Å². The smallest absolute Gasteiger partial charge is 0.0714 e. The summed E-state index contributed by atoms with van der Waals surface area (Å²) in [7, 11) is 0. The van der Waals surface area contributed by atoms with Crippen molar-refractivity contribution in [3.05, 3.63) is 246 Å². The molecule has 0 radical (unpaired) electrons. The molecular weight excluding hydrogens is 723 g/mol. The van der Waals surface area contributed by atoms with Gasteiger partial charge in [0, 0.05) is 16.9 Å². The van der Waals surface area contributed by atoms with E-state index >= 15 is 0 Å². The number of rotatable bonds is 8. The van der Waals surface area contributed by atoms with Crippen LogP contribution >= 0.6 is 0 Å². The second kappa shape index (κ2) is 15.3. The van der Waals surface area contributed by atoms with Crippen LogP contribution in [0.2, 0.25) is 0 Å². The summed E-state index contributed by atoms with van der Waals surface area (Å²) in [4.78, 5) is 2.51. The fourth-order valence-electron chi connectivity index (χ4n) is 10.6. The Morgan fingerprint density at radius 3 is 1.58 bits per heavy atom. The fraction of sp³-hybridized carbons (Fsp3) is 0.119. The Morgan fingerprint density at radius 1 is 0.383 bits per heavy atom. The van der Waals surface area contributed by atoms with Crippen LogP contribution in [-0.4, -0.2) is 0 Å². The molecule has 1 saturated carbocycles. The molecule has 9 aromatic carbocycles. The van der Waals surface area contributed by atoms with E-state index in [1.807, 2.05) is 0 Å². The Labute approximate surface area is 354 Å². The minimum atomic E-state index is -0.512. The highest BCUT2D eigenvalue weighted by molar-refractivity contribution is 5.99. The lowest BCUT2D eigenvalue weighted by atomic mass is 9.67. The van der Waals surface area contributed by atoms with Crippen molar-refractivity contribution in [2.75, 3.05) is 4.90 Å². The molecule has 0 amide bonds. The van der Waals surface area contributed by atoms with Crippen LogP contribution in [0.4, 0.5) is 17.1 Å². The average molecular weight is 770 g/mol. The summed E-state index contributed by atoms with van der Waals surface area (Å²) in [5.74, 6) is 0.564. The molecule has 1 heteroatoms. The Morgan fingerprint density at radius 2 is 0.933 bits per heavy atom. The zero-order valence-corrected chi connectivity index (χ0v) is 33.8. The molecule has 11 rings (SSSR count). The summed E-state index contributed by atoms with van der Waals surface area (Å²) < 4.78 is 0. The third-order valence-corrected chi connectivity index (χ3v) is 13.3. The first-order valence-electron chi connectivity index (χ1n) is 21.7. The number of fused-ring (bicyclic) bond motifs is 4. The molecule has 0 aromatic heterocycles. The van der Waals surface area contributed by atoms with E-state index in [1.165, 1.54) is 104 Å². The van der Waals surface area contributed by atoms with E-state index in [4.69, 9.17) is 0 Å². The Kier molecular flexibility index (Phi) is 9.23. The average Bonchev–Trinajstić information content (AvgIpc) is 3.63. The number of benzene rings is 9. The lowest BCUT2D eigenvalue weighted by Crippen LogP contribution is -2.29. The molecule has 0 unspecified atom stereocenters. The summed E-state index contributed by atoms with van der Waals surface area (Å²) in [5.41, 5.74) is 17.3. The van der Waals surface area contributed by atoms with Crippen molar-refractivity contribution >= 4 is 27.8 Å². The topological polar surface area (TPSA) is 3.24 Å². The van der Waals surface area contributed by atoms with Crippen LogP contribution in [0.25, 0.3) is 44.2 Å². The predicted molar refractivity (Wildman–Crippen MR) is 253 cm³/mol. The first-order valence-corrected chi connectivity index (χ1v) is 21.7. The van der Waals surface area contributed by atoms with Gasteiger partial charge in [-0.05, 0) is 122 Å². The molecule has 9 aromatic rings. The number of anilines is 3. The molecular formula is C59H47N. The first kappa shape index (κ1) is 36.1. The molecule has 0 atom stereocenters. The summed E-state index contributed by atoms with van der Waals surface area (Å²) in [6.45, 7) is 0. The normalized spacial score (nSPS) is 14.4. The number of hydrogen-bond donors (Lipinski definition) is 0. The molecule has 0 bridgehead atoms. The highest BCUT2D eigenvalue weighted by atomic mass is 15.1. The minimum absolute atomic E-state index is 0.512. The monoisotopic (exact) mass is 769 g/mol. The molecule has 60 heavy (non-hydrogen) atoms. The molecule has 0 N–H and O–H groups in total. The van der Waals surface area contributed by atoms with E-state index in [0.29, 0.717) is 5.92 Å². The van der Waals surface area contributed by atoms with Crippen molar-refractivity contribution in [3.8, 4) is 33.4 Å². The van der Waals surface area contributed by atoms with Crippen molar-refractivity contribution in [2.45, 2.75) is 43.4 Å². The van der Waals surface area contributed by atoms with Gasteiger partial charge >= 0.3 is 0 Å². The molecule has 1 nitrogen and oxygen atoms in total. The maximum absolute atomic E-state index is 2.54. The predicted octanol–water partition coefficient (Wildman–Crippen LogP) is 16.1. The van der Waals surface area contributed by atoms with Gasteiger partial charge in [-0.15, -0.1) is 0 Å². The summed E-state index contributed by atoms with van der Waals surface area (Å²) in [5, 5.41) is 2.44. The quantitative estimate of drug-likeness (QED) is 0.149. The van der Waals surface area contributed by atoms with Crippen molar-refractivity contribution in [2.24, 2.45) is 0 Å². The summed E-state index contributed by atoms with van der Waals surface area (Å²) in [6.07, 6.45) is 6.45. The maximum atomic E-state index is 2.54. The fourth-order valence-corrected chi connectivity index (χ4v) is 10.6. The maximum Gasteiger partial charge on any atom is 0.0714 e. The Balaban J connectivity index is 1.21. The third-order valence-electron chi connectivity index (χ3n) is 13.3. The zero-order chi connectivity index (χ0) is 39.9. The van der Waals surface area contributed by atoms with Gasteiger partial charge in [-0.3, -0.25) is 0 Å². The molecule has 2 aliphatic carbocycles. The van der Waals surface area contributed by atoms with Crippen LogP contribution in [0.3, 0.4) is 0 Å². The molecule has 0 spiro atoms. The first-order chi connectivity index (χ1) is 29.8. The molecule has 0 heterocycles. The van der Waals surface area contributed by atoms with Crippen LogP contribution in [0.15, 0.2) is 218 Å². The molecule has 2 aliphatic rings. The second-order valence-electron chi connectivity index (χ2n) is 16.6. The molecule has 0 aliphatic heterocycles. The van der Waals surface area contributed by atoms with Crippen molar-refractivity contribution in [3.63, 3.8) is 0 Å². The van der Waals surface area contributed by atoms with E-state index in [9.17, 15) is 0 Å². The van der Waals surface area contributed by atoms with Gasteiger partial charge in [0.2, 0.25) is 0 Å². The minimum Gasteiger partial charge on any atom is -0.310 e. The standard InChI is InChI=1S/C59H47N/c1-6-19-42(20-7-1)43-33-35-50(36-34-43)60(57-40-47-26-17-16-25-46(47)39-54(57)45-23-10-3-11-24-45)51-37-38-53-56(41-51)59(48-27-12-4-13-28-48,49-29-14-5-15-30-49)55-32-18-31-52(58(53)55)44-21-8-2-9-22-44/h1,3-7,10-20,23-41,44H,2,8-9,21-22H2. The third kappa shape index (κ3) is 6.08. The van der Waals surface area contributed by atoms with Gasteiger partial charge in [0.25, 0.3) is 0 Å². The van der Waals surface area contributed by atoms with Crippen LogP contribution in [-0.2, 0) is 5.41 Å². The largest absolute Gasteiger partial charge is 0.310 e. The van der Waals surface area contributed by atoms with Gasteiger partial charge in [-0.1, -0.05) is 201 Å². The van der Waals surface area contributed by atoms with E-state index in [-0.39, 0.29) is 0 Å². The van der Waals surface area contributed by atoms with Crippen LogP contribution in [0.1, 0.15) is 65.8 Å². The summed E-state index contributed by atoms with van der Waals surface area (Å²) in [6, 6.07) is 81.5. The molecule has 0 saturated heterocycles. The molecule has 1 fully saturated rings. The Hall–Kier alpha value is -6.96. The Bertz CT molecular complexity index is 2890. The van der Waals surface area contributed by atoms with Gasteiger partial charge in [0.15, 0.2) is 0 Å². The summed E-state index contributed by atoms with van der Waals surface area (Å²) >= 11 is 0. The second-order valence-corrected chi connectivity index (χ2v) is 16.6. The lowest BCUT2D eigenvalue weighted by molar-refractivity contribution is 0.444. The van der Waals surface area contributed by atoms with Crippen molar-refractivity contribution in [1.82, 2.24) is 0 Å². The van der Waals surface area contributed by atoms with Gasteiger partial charge in [-0.25, -0.2) is 0 Å². The van der Waals surface area contributed by atoms with E-state index in [1.54, 1.807) is 0 Å². The highest BCUT2D eigenvalue weighted by Crippen LogP contribution is 2.59.